The first kappa shape index (κ1) is 20.4. The second kappa shape index (κ2) is 9.25. The monoisotopic (exact) mass is 408 g/mol. The van der Waals surface area contributed by atoms with E-state index in [0.29, 0.717) is 11.3 Å². The van der Waals surface area contributed by atoms with E-state index >= 15 is 0 Å². The summed E-state index contributed by atoms with van der Waals surface area (Å²) in [4.78, 5) is 40.7. The molecule has 0 saturated heterocycles. The molecule has 0 aliphatic carbocycles. The van der Waals surface area contributed by atoms with Crippen molar-refractivity contribution in [1.29, 1.82) is 0 Å². The highest BCUT2D eigenvalue weighted by atomic mass is 32.2. The molecule has 1 amide bonds. The summed E-state index contributed by atoms with van der Waals surface area (Å²) in [6.45, 7) is 2.90. The van der Waals surface area contributed by atoms with Crippen molar-refractivity contribution < 1.29 is 19.1 Å². The molecule has 0 bridgehead atoms. The van der Waals surface area contributed by atoms with E-state index in [1.54, 1.807) is 6.07 Å². The van der Waals surface area contributed by atoms with E-state index in [1.807, 2.05) is 48.5 Å². The second-order valence-electron chi connectivity index (χ2n) is 6.31. The lowest BCUT2D eigenvalue weighted by Crippen LogP contribution is -2.30. The number of hydrogen-bond acceptors (Lipinski definition) is 5. The first-order chi connectivity index (χ1) is 13.9. The number of hydrogen-bond donors (Lipinski definition) is 2. The average molecular weight is 408 g/mol. The van der Waals surface area contributed by atoms with Gasteiger partial charge in [-0.3, -0.25) is 9.59 Å². The Morgan fingerprint density at radius 1 is 1.03 bits per heavy atom. The first-order valence-corrected chi connectivity index (χ1v) is 9.79. The van der Waals surface area contributed by atoms with Crippen LogP contribution in [0.1, 0.15) is 34.7 Å². The summed E-state index contributed by atoms with van der Waals surface area (Å²) in [5.74, 6) is -1.32. The molecule has 2 aromatic carbocycles. The third-order valence-corrected chi connectivity index (χ3v) is 5.16. The summed E-state index contributed by atoms with van der Waals surface area (Å²) in [6, 6.07) is 18.6. The number of amides is 1. The highest BCUT2D eigenvalue weighted by molar-refractivity contribution is 7.99. The third-order valence-electron chi connectivity index (χ3n) is 4.08. The van der Waals surface area contributed by atoms with Gasteiger partial charge >= 0.3 is 5.97 Å². The summed E-state index contributed by atoms with van der Waals surface area (Å²) >= 11 is 1.52. The SMILES string of the molecule is CC(=O)c1c[nH]c(C(=O)O[C@@H](C)C(=O)Nc2ccccc2Sc2ccccc2)c1. The van der Waals surface area contributed by atoms with Gasteiger partial charge in [0.1, 0.15) is 5.69 Å². The molecule has 2 N–H and O–H groups in total. The molecular weight excluding hydrogens is 388 g/mol. The molecule has 29 heavy (non-hydrogen) atoms. The number of carbonyl (C=O) groups excluding carboxylic acids is 3. The number of para-hydroxylation sites is 1. The van der Waals surface area contributed by atoms with Crippen molar-refractivity contribution in [2.75, 3.05) is 5.32 Å². The molecule has 0 radical (unpaired) electrons. The number of rotatable bonds is 7. The van der Waals surface area contributed by atoms with E-state index < -0.39 is 18.0 Å². The minimum atomic E-state index is -1.01. The van der Waals surface area contributed by atoms with Gasteiger partial charge in [0.05, 0.1) is 5.69 Å². The zero-order chi connectivity index (χ0) is 20.8. The lowest BCUT2D eigenvalue weighted by Gasteiger charge is -2.15. The zero-order valence-corrected chi connectivity index (χ0v) is 16.8. The van der Waals surface area contributed by atoms with E-state index in [1.165, 1.54) is 37.9 Å². The van der Waals surface area contributed by atoms with Crippen molar-refractivity contribution in [3.05, 3.63) is 78.1 Å². The van der Waals surface area contributed by atoms with Gasteiger partial charge in [-0.25, -0.2) is 4.79 Å². The highest BCUT2D eigenvalue weighted by Crippen LogP contribution is 2.33. The van der Waals surface area contributed by atoms with Gasteiger partial charge in [-0.1, -0.05) is 42.1 Å². The topological polar surface area (TPSA) is 88.3 Å². The van der Waals surface area contributed by atoms with Gasteiger partial charge in [0.25, 0.3) is 5.91 Å². The number of ether oxygens (including phenoxy) is 1. The van der Waals surface area contributed by atoms with Gasteiger partial charge in [-0.2, -0.15) is 0 Å². The molecular formula is C22H20N2O4S. The number of aromatic nitrogens is 1. The number of carbonyl (C=O) groups is 3. The van der Waals surface area contributed by atoms with E-state index in [-0.39, 0.29) is 11.5 Å². The number of esters is 1. The molecule has 3 rings (SSSR count). The standard InChI is InChI=1S/C22H20N2O4S/c1-14(25)16-12-19(23-13-16)22(27)28-15(2)21(26)24-18-10-6-7-11-20(18)29-17-8-4-3-5-9-17/h3-13,15,23H,1-2H3,(H,24,26)/t15-/m0/s1. The normalized spacial score (nSPS) is 11.5. The van der Waals surface area contributed by atoms with Gasteiger partial charge in [0, 0.05) is 21.6 Å². The van der Waals surface area contributed by atoms with Gasteiger partial charge in [-0.15, -0.1) is 0 Å². The van der Waals surface area contributed by atoms with Gasteiger partial charge < -0.3 is 15.0 Å². The molecule has 148 valence electrons. The molecule has 0 spiro atoms. The van der Waals surface area contributed by atoms with E-state index in [9.17, 15) is 14.4 Å². The summed E-state index contributed by atoms with van der Waals surface area (Å²) in [5.41, 5.74) is 1.13. The maximum Gasteiger partial charge on any atom is 0.355 e. The van der Waals surface area contributed by atoms with Crippen LogP contribution in [0.5, 0.6) is 0 Å². The number of benzene rings is 2. The Morgan fingerprint density at radius 3 is 2.41 bits per heavy atom. The fourth-order valence-corrected chi connectivity index (χ4v) is 3.42. The second-order valence-corrected chi connectivity index (χ2v) is 7.42. The molecule has 0 aliphatic rings. The summed E-state index contributed by atoms with van der Waals surface area (Å²) in [5, 5.41) is 2.81. The number of Topliss-reactive ketones (excluding diaryl/α,β-unsaturated/α-hetero) is 1. The molecule has 3 aromatic rings. The Labute approximate surface area is 172 Å². The number of aromatic amines is 1. The largest absolute Gasteiger partial charge is 0.448 e. The predicted molar refractivity (Wildman–Crippen MR) is 111 cm³/mol. The van der Waals surface area contributed by atoms with Crippen molar-refractivity contribution in [3.8, 4) is 0 Å². The Bertz CT molecular complexity index is 1030. The number of ketones is 1. The zero-order valence-electron chi connectivity index (χ0n) is 16.0. The Balaban J connectivity index is 1.65. The van der Waals surface area contributed by atoms with Crippen LogP contribution < -0.4 is 5.32 Å². The number of H-pyrrole nitrogens is 1. The number of anilines is 1. The van der Waals surface area contributed by atoms with Gasteiger partial charge in [-0.05, 0) is 44.2 Å². The van der Waals surface area contributed by atoms with Crippen molar-refractivity contribution >= 4 is 35.1 Å². The van der Waals surface area contributed by atoms with E-state index in [2.05, 4.69) is 10.3 Å². The van der Waals surface area contributed by atoms with Gasteiger partial charge in [0.2, 0.25) is 0 Å². The van der Waals surface area contributed by atoms with Gasteiger partial charge in [0.15, 0.2) is 11.9 Å². The van der Waals surface area contributed by atoms with Crippen LogP contribution in [-0.2, 0) is 9.53 Å². The quantitative estimate of drug-likeness (QED) is 0.442. The van der Waals surface area contributed by atoms with Crippen LogP contribution in [0.2, 0.25) is 0 Å². The van der Waals surface area contributed by atoms with E-state index in [0.717, 1.165) is 9.79 Å². The molecule has 7 heteroatoms. The fourth-order valence-electron chi connectivity index (χ4n) is 2.50. The van der Waals surface area contributed by atoms with Crippen LogP contribution in [-0.4, -0.2) is 28.7 Å². The molecule has 0 unspecified atom stereocenters. The van der Waals surface area contributed by atoms with Crippen LogP contribution >= 0.6 is 11.8 Å². The maximum atomic E-state index is 12.5. The molecule has 0 saturated carbocycles. The summed E-state index contributed by atoms with van der Waals surface area (Å²) < 4.78 is 5.22. The summed E-state index contributed by atoms with van der Waals surface area (Å²) in [6.07, 6.45) is 0.419. The van der Waals surface area contributed by atoms with Crippen LogP contribution in [0.4, 0.5) is 5.69 Å². The van der Waals surface area contributed by atoms with Crippen LogP contribution in [0, 0.1) is 0 Å². The van der Waals surface area contributed by atoms with Crippen molar-refractivity contribution in [1.82, 2.24) is 4.98 Å². The van der Waals surface area contributed by atoms with Crippen LogP contribution in [0.3, 0.4) is 0 Å². The highest BCUT2D eigenvalue weighted by Gasteiger charge is 2.21. The summed E-state index contributed by atoms with van der Waals surface area (Å²) in [7, 11) is 0. The fraction of sp³-hybridized carbons (Fsp3) is 0.136. The Morgan fingerprint density at radius 2 is 1.72 bits per heavy atom. The van der Waals surface area contributed by atoms with E-state index in [4.69, 9.17) is 4.74 Å². The van der Waals surface area contributed by atoms with Crippen molar-refractivity contribution in [2.24, 2.45) is 0 Å². The van der Waals surface area contributed by atoms with Crippen molar-refractivity contribution in [2.45, 2.75) is 29.7 Å². The average Bonchev–Trinajstić information content (AvgIpc) is 3.21. The Hall–Kier alpha value is -3.32. The molecule has 6 nitrogen and oxygen atoms in total. The van der Waals surface area contributed by atoms with Crippen LogP contribution in [0.15, 0.2) is 76.7 Å². The smallest absolute Gasteiger partial charge is 0.355 e. The molecule has 0 fully saturated rings. The minimum absolute atomic E-state index is 0.120. The predicted octanol–water partition coefficient (Wildman–Crippen LogP) is 4.55. The Kier molecular flexibility index (Phi) is 6.51. The lowest BCUT2D eigenvalue weighted by molar-refractivity contribution is -0.123. The van der Waals surface area contributed by atoms with Crippen molar-refractivity contribution in [3.63, 3.8) is 0 Å². The molecule has 1 heterocycles. The lowest BCUT2D eigenvalue weighted by atomic mass is 10.2. The third kappa shape index (κ3) is 5.36. The van der Waals surface area contributed by atoms with Crippen LogP contribution in [0.25, 0.3) is 0 Å². The first-order valence-electron chi connectivity index (χ1n) is 8.97. The molecule has 1 atom stereocenters. The molecule has 1 aromatic heterocycles. The maximum absolute atomic E-state index is 12.5. The minimum Gasteiger partial charge on any atom is -0.448 e. The number of nitrogens with one attached hydrogen (secondary N) is 2. The molecule has 0 aliphatic heterocycles.